The van der Waals surface area contributed by atoms with Gasteiger partial charge in [-0.1, -0.05) is 23.7 Å². The van der Waals surface area contributed by atoms with Gasteiger partial charge in [-0.05, 0) is 24.3 Å². The molecule has 0 radical (unpaired) electrons. The van der Waals surface area contributed by atoms with Crippen LogP contribution in [0.5, 0.6) is 17.2 Å². The standard InChI is InChI=1S/C18H13ClO5/c19-11-5-6-15-17(7-11)23-12(9-21-15)10-22-16-8-18(20)24-14-4-2-1-3-13(14)16/h1-8,12H,9-10H2. The van der Waals surface area contributed by atoms with Crippen molar-refractivity contribution in [2.24, 2.45) is 0 Å². The monoisotopic (exact) mass is 344 g/mol. The van der Waals surface area contributed by atoms with Crippen LogP contribution < -0.4 is 19.8 Å². The molecule has 0 fully saturated rings. The van der Waals surface area contributed by atoms with Crippen LogP contribution in [-0.4, -0.2) is 19.3 Å². The minimum Gasteiger partial charge on any atom is -0.489 e. The molecule has 1 aromatic heterocycles. The number of benzene rings is 2. The molecule has 1 aliphatic heterocycles. The number of hydrogen-bond acceptors (Lipinski definition) is 5. The van der Waals surface area contributed by atoms with Crippen LogP contribution in [0.2, 0.25) is 5.02 Å². The number of para-hydroxylation sites is 1. The minimum absolute atomic E-state index is 0.236. The van der Waals surface area contributed by atoms with Gasteiger partial charge in [-0.15, -0.1) is 0 Å². The lowest BCUT2D eigenvalue weighted by molar-refractivity contribution is 0.0539. The SMILES string of the molecule is O=c1cc(OCC2COc3ccc(Cl)cc3O2)c2ccccc2o1. The topological polar surface area (TPSA) is 57.9 Å². The van der Waals surface area contributed by atoms with Gasteiger partial charge in [0.1, 0.15) is 24.5 Å². The van der Waals surface area contributed by atoms with Gasteiger partial charge in [0, 0.05) is 11.1 Å². The Labute approximate surface area is 142 Å². The van der Waals surface area contributed by atoms with Gasteiger partial charge in [0.25, 0.3) is 0 Å². The second-order valence-corrected chi connectivity index (χ2v) is 5.82. The van der Waals surface area contributed by atoms with E-state index in [9.17, 15) is 4.79 Å². The molecule has 122 valence electrons. The number of ether oxygens (including phenoxy) is 3. The third kappa shape index (κ3) is 2.90. The van der Waals surface area contributed by atoms with E-state index < -0.39 is 5.63 Å². The molecule has 5 nitrogen and oxygen atoms in total. The summed E-state index contributed by atoms with van der Waals surface area (Å²) >= 11 is 5.97. The molecule has 1 atom stereocenters. The molecule has 24 heavy (non-hydrogen) atoms. The van der Waals surface area contributed by atoms with Crippen LogP contribution in [0.15, 0.2) is 57.7 Å². The Morgan fingerprint density at radius 1 is 1.12 bits per heavy atom. The van der Waals surface area contributed by atoms with Crippen molar-refractivity contribution in [3.63, 3.8) is 0 Å². The number of fused-ring (bicyclic) bond motifs is 2. The van der Waals surface area contributed by atoms with Crippen LogP contribution in [0.25, 0.3) is 11.0 Å². The van der Waals surface area contributed by atoms with Gasteiger partial charge >= 0.3 is 5.63 Å². The first-order valence-electron chi connectivity index (χ1n) is 7.44. The second-order valence-electron chi connectivity index (χ2n) is 5.38. The summed E-state index contributed by atoms with van der Waals surface area (Å²) < 4.78 is 22.4. The summed E-state index contributed by atoms with van der Waals surface area (Å²) in [4.78, 5) is 11.6. The average molecular weight is 345 g/mol. The second kappa shape index (κ2) is 6.09. The summed E-state index contributed by atoms with van der Waals surface area (Å²) in [6, 6.07) is 13.8. The minimum atomic E-state index is -0.457. The summed E-state index contributed by atoms with van der Waals surface area (Å²) in [7, 11) is 0. The van der Waals surface area contributed by atoms with Crippen molar-refractivity contribution in [3.8, 4) is 17.2 Å². The van der Waals surface area contributed by atoms with Crippen molar-refractivity contribution >= 4 is 22.6 Å². The predicted molar refractivity (Wildman–Crippen MR) is 89.3 cm³/mol. The van der Waals surface area contributed by atoms with Gasteiger partial charge in [-0.2, -0.15) is 0 Å². The molecule has 0 saturated heterocycles. The molecule has 0 aliphatic carbocycles. The van der Waals surface area contributed by atoms with Gasteiger partial charge in [0.2, 0.25) is 0 Å². The molecular weight excluding hydrogens is 332 g/mol. The summed E-state index contributed by atoms with van der Waals surface area (Å²) in [5, 5.41) is 1.31. The van der Waals surface area contributed by atoms with E-state index in [1.54, 1.807) is 30.3 Å². The molecule has 0 N–H and O–H groups in total. The van der Waals surface area contributed by atoms with E-state index in [1.807, 2.05) is 12.1 Å². The van der Waals surface area contributed by atoms with Crippen LogP contribution in [0.3, 0.4) is 0 Å². The first kappa shape index (κ1) is 14.9. The number of halogens is 1. The average Bonchev–Trinajstić information content (AvgIpc) is 2.59. The fourth-order valence-corrected chi connectivity index (χ4v) is 2.72. The van der Waals surface area contributed by atoms with Gasteiger partial charge in [-0.3, -0.25) is 0 Å². The quantitative estimate of drug-likeness (QED) is 0.678. The summed E-state index contributed by atoms with van der Waals surface area (Å²) in [5.41, 5.74) is 0.0274. The fourth-order valence-electron chi connectivity index (χ4n) is 2.56. The van der Waals surface area contributed by atoms with E-state index >= 15 is 0 Å². The molecule has 3 aromatic rings. The summed E-state index contributed by atoms with van der Waals surface area (Å²) in [5.74, 6) is 1.70. The molecule has 2 heterocycles. The fraction of sp³-hybridized carbons (Fsp3) is 0.167. The molecule has 6 heteroatoms. The zero-order valence-corrected chi connectivity index (χ0v) is 13.3. The molecule has 0 saturated carbocycles. The van der Waals surface area contributed by atoms with E-state index in [2.05, 4.69) is 0 Å². The predicted octanol–water partition coefficient (Wildman–Crippen LogP) is 3.67. The Balaban J connectivity index is 1.53. The van der Waals surface area contributed by atoms with Gasteiger partial charge in [0.15, 0.2) is 17.6 Å². The molecule has 0 spiro atoms. The lowest BCUT2D eigenvalue weighted by atomic mass is 10.2. The number of hydrogen-bond donors (Lipinski definition) is 0. The highest BCUT2D eigenvalue weighted by atomic mass is 35.5. The zero-order valence-electron chi connectivity index (χ0n) is 12.5. The third-order valence-corrected chi connectivity index (χ3v) is 3.90. The van der Waals surface area contributed by atoms with Crippen LogP contribution in [0.1, 0.15) is 0 Å². The first-order chi connectivity index (χ1) is 11.7. The van der Waals surface area contributed by atoms with Crippen molar-refractivity contribution in [1.82, 2.24) is 0 Å². The van der Waals surface area contributed by atoms with Gasteiger partial charge in [-0.25, -0.2) is 4.79 Å². The van der Waals surface area contributed by atoms with Crippen LogP contribution in [-0.2, 0) is 0 Å². The lowest BCUT2D eigenvalue weighted by Crippen LogP contribution is -2.34. The zero-order chi connectivity index (χ0) is 16.5. The highest BCUT2D eigenvalue weighted by Crippen LogP contribution is 2.34. The van der Waals surface area contributed by atoms with E-state index in [1.165, 1.54) is 6.07 Å². The molecule has 4 rings (SSSR count). The Hall–Kier alpha value is -2.66. The van der Waals surface area contributed by atoms with Crippen LogP contribution >= 0.6 is 11.6 Å². The van der Waals surface area contributed by atoms with E-state index in [4.69, 9.17) is 30.2 Å². The third-order valence-electron chi connectivity index (χ3n) is 3.66. The first-order valence-corrected chi connectivity index (χ1v) is 7.81. The lowest BCUT2D eigenvalue weighted by Gasteiger charge is -2.26. The van der Waals surface area contributed by atoms with Gasteiger partial charge < -0.3 is 18.6 Å². The van der Waals surface area contributed by atoms with Crippen molar-refractivity contribution in [2.45, 2.75) is 6.10 Å². The highest BCUT2D eigenvalue weighted by molar-refractivity contribution is 6.30. The molecular formula is C18H13ClO5. The summed E-state index contributed by atoms with van der Waals surface area (Å²) in [6.45, 7) is 0.591. The molecule has 0 amide bonds. The summed E-state index contributed by atoms with van der Waals surface area (Å²) in [6.07, 6.45) is -0.304. The Morgan fingerprint density at radius 3 is 2.92 bits per heavy atom. The molecule has 1 aliphatic rings. The van der Waals surface area contributed by atoms with Crippen LogP contribution in [0.4, 0.5) is 0 Å². The molecule has 1 unspecified atom stereocenters. The van der Waals surface area contributed by atoms with Crippen molar-refractivity contribution < 1.29 is 18.6 Å². The molecule has 2 aromatic carbocycles. The smallest absolute Gasteiger partial charge is 0.339 e. The van der Waals surface area contributed by atoms with Crippen molar-refractivity contribution in [2.75, 3.05) is 13.2 Å². The number of rotatable bonds is 3. The maximum Gasteiger partial charge on any atom is 0.339 e. The van der Waals surface area contributed by atoms with E-state index in [0.29, 0.717) is 34.5 Å². The van der Waals surface area contributed by atoms with Crippen molar-refractivity contribution in [3.05, 3.63) is 64.0 Å². The maximum atomic E-state index is 11.6. The Bertz CT molecular complexity index is 950. The maximum absolute atomic E-state index is 11.6. The Morgan fingerprint density at radius 2 is 2.00 bits per heavy atom. The van der Waals surface area contributed by atoms with Gasteiger partial charge in [0.05, 0.1) is 11.5 Å². The Kier molecular flexibility index (Phi) is 3.78. The highest BCUT2D eigenvalue weighted by Gasteiger charge is 2.22. The molecule has 0 bridgehead atoms. The largest absolute Gasteiger partial charge is 0.489 e. The van der Waals surface area contributed by atoms with E-state index in [0.717, 1.165) is 5.39 Å². The van der Waals surface area contributed by atoms with E-state index in [-0.39, 0.29) is 12.7 Å². The van der Waals surface area contributed by atoms with Crippen molar-refractivity contribution in [1.29, 1.82) is 0 Å². The normalized spacial score (nSPS) is 16.1. The van der Waals surface area contributed by atoms with Crippen LogP contribution in [0, 0.1) is 0 Å².